The van der Waals surface area contributed by atoms with Crippen LogP contribution in [0, 0.1) is 0 Å². The maximum atomic E-state index is 13.0. The van der Waals surface area contributed by atoms with Crippen LogP contribution < -0.4 is 4.90 Å². The van der Waals surface area contributed by atoms with Crippen LogP contribution in [-0.4, -0.2) is 32.1 Å². The van der Waals surface area contributed by atoms with Crippen molar-refractivity contribution in [3.05, 3.63) is 64.7 Å². The Balaban J connectivity index is 1.71. The highest BCUT2D eigenvalue weighted by atomic mass is 32.2. The van der Waals surface area contributed by atoms with Crippen LogP contribution in [0.25, 0.3) is 10.2 Å². The van der Waals surface area contributed by atoms with Crippen molar-refractivity contribution in [2.45, 2.75) is 11.3 Å². The van der Waals surface area contributed by atoms with Gasteiger partial charge in [-0.05, 0) is 48.2 Å². The van der Waals surface area contributed by atoms with E-state index in [-0.39, 0.29) is 16.6 Å². The number of thiazole rings is 1. The molecule has 4 rings (SSSR count). The third kappa shape index (κ3) is 3.87. The van der Waals surface area contributed by atoms with Gasteiger partial charge >= 0.3 is 0 Å². The Morgan fingerprint density at radius 2 is 2.07 bits per heavy atom. The largest absolute Gasteiger partial charge is 0.459 e. The van der Waals surface area contributed by atoms with Crippen molar-refractivity contribution in [2.75, 3.05) is 17.7 Å². The summed E-state index contributed by atoms with van der Waals surface area (Å²) in [4.78, 5) is 20.5. The zero-order chi connectivity index (χ0) is 19.7. The van der Waals surface area contributed by atoms with E-state index >= 15 is 0 Å². The number of hydrogen-bond donors (Lipinski definition) is 0. The Morgan fingerprint density at radius 1 is 1.21 bits per heavy atom. The molecule has 0 bridgehead atoms. The number of furan rings is 1. The SMILES string of the molecule is CS(=O)(=O)c1ccc2nc(N(CCc3cccs3)C(=O)c3ccco3)sc2c1. The van der Waals surface area contributed by atoms with Crippen LogP contribution in [0.4, 0.5) is 5.13 Å². The van der Waals surface area contributed by atoms with Crippen molar-refractivity contribution in [1.29, 1.82) is 0 Å². The Labute approximate surface area is 170 Å². The third-order valence-electron chi connectivity index (χ3n) is 4.15. The second-order valence-electron chi connectivity index (χ2n) is 6.16. The first-order valence-corrected chi connectivity index (χ1v) is 12.0. The monoisotopic (exact) mass is 432 g/mol. The van der Waals surface area contributed by atoms with E-state index in [2.05, 4.69) is 4.98 Å². The lowest BCUT2D eigenvalue weighted by molar-refractivity contribution is 0.0960. The van der Waals surface area contributed by atoms with Crippen LogP contribution in [0.5, 0.6) is 0 Å². The van der Waals surface area contributed by atoms with Gasteiger partial charge in [0.25, 0.3) is 5.91 Å². The number of sulfone groups is 1. The molecule has 28 heavy (non-hydrogen) atoms. The van der Waals surface area contributed by atoms with Crippen molar-refractivity contribution in [3.63, 3.8) is 0 Å². The molecule has 144 valence electrons. The van der Waals surface area contributed by atoms with E-state index in [4.69, 9.17) is 4.42 Å². The van der Waals surface area contributed by atoms with E-state index in [0.29, 0.717) is 28.3 Å². The van der Waals surface area contributed by atoms with Crippen LogP contribution in [0.3, 0.4) is 0 Å². The number of rotatable bonds is 6. The first kappa shape index (κ1) is 18.9. The van der Waals surface area contributed by atoms with Crippen LogP contribution in [0.1, 0.15) is 15.4 Å². The summed E-state index contributed by atoms with van der Waals surface area (Å²) in [6, 6.07) is 12.1. The van der Waals surface area contributed by atoms with Gasteiger partial charge in [0.15, 0.2) is 20.7 Å². The highest BCUT2D eigenvalue weighted by Gasteiger charge is 2.23. The number of nitrogens with zero attached hydrogens (tertiary/aromatic N) is 2. The number of benzene rings is 1. The lowest BCUT2D eigenvalue weighted by Gasteiger charge is -2.18. The normalized spacial score (nSPS) is 11.8. The van der Waals surface area contributed by atoms with Gasteiger partial charge in [-0.15, -0.1) is 11.3 Å². The Kier molecular flexibility index (Phi) is 5.05. The van der Waals surface area contributed by atoms with E-state index in [1.54, 1.807) is 40.5 Å². The number of carbonyl (C=O) groups is 1. The fourth-order valence-electron chi connectivity index (χ4n) is 2.73. The predicted molar refractivity (Wildman–Crippen MR) is 111 cm³/mol. The van der Waals surface area contributed by atoms with E-state index in [9.17, 15) is 13.2 Å². The summed E-state index contributed by atoms with van der Waals surface area (Å²) in [5, 5.41) is 2.51. The number of carbonyl (C=O) groups excluding carboxylic acids is 1. The maximum Gasteiger partial charge on any atom is 0.295 e. The summed E-state index contributed by atoms with van der Waals surface area (Å²) in [5.41, 5.74) is 0.653. The van der Waals surface area contributed by atoms with Gasteiger partial charge in [0.05, 0.1) is 21.4 Å². The minimum Gasteiger partial charge on any atom is -0.459 e. The highest BCUT2D eigenvalue weighted by Crippen LogP contribution is 2.31. The van der Waals surface area contributed by atoms with Gasteiger partial charge in [0.2, 0.25) is 0 Å². The summed E-state index contributed by atoms with van der Waals surface area (Å²) in [6.07, 6.45) is 3.32. The molecular weight excluding hydrogens is 416 g/mol. The van der Waals surface area contributed by atoms with E-state index in [1.165, 1.54) is 29.9 Å². The average molecular weight is 433 g/mol. The van der Waals surface area contributed by atoms with Crippen LogP contribution in [0.15, 0.2) is 63.4 Å². The number of anilines is 1. The van der Waals surface area contributed by atoms with Crippen molar-refractivity contribution < 1.29 is 17.6 Å². The molecule has 1 amide bonds. The summed E-state index contributed by atoms with van der Waals surface area (Å²) in [5.74, 6) is -0.0359. The molecule has 0 aliphatic heterocycles. The molecule has 3 aromatic heterocycles. The molecule has 0 aliphatic carbocycles. The van der Waals surface area contributed by atoms with Crippen LogP contribution in [-0.2, 0) is 16.3 Å². The highest BCUT2D eigenvalue weighted by molar-refractivity contribution is 7.90. The predicted octanol–water partition coefficient (Wildman–Crippen LogP) is 4.24. The molecule has 0 N–H and O–H groups in total. The fraction of sp³-hybridized carbons (Fsp3) is 0.158. The summed E-state index contributed by atoms with van der Waals surface area (Å²) < 4.78 is 29.6. The quantitative estimate of drug-likeness (QED) is 0.455. The van der Waals surface area contributed by atoms with Crippen molar-refractivity contribution in [3.8, 4) is 0 Å². The molecule has 0 saturated heterocycles. The van der Waals surface area contributed by atoms with Crippen molar-refractivity contribution >= 4 is 53.8 Å². The number of amides is 1. The van der Waals surface area contributed by atoms with Gasteiger partial charge in [-0.2, -0.15) is 0 Å². The average Bonchev–Trinajstić information content (AvgIpc) is 3.41. The first-order chi connectivity index (χ1) is 13.4. The topological polar surface area (TPSA) is 80.5 Å². The van der Waals surface area contributed by atoms with Crippen molar-refractivity contribution in [1.82, 2.24) is 4.98 Å². The Hall–Kier alpha value is -2.49. The summed E-state index contributed by atoms with van der Waals surface area (Å²) >= 11 is 2.92. The maximum absolute atomic E-state index is 13.0. The fourth-order valence-corrected chi connectivity index (χ4v) is 5.18. The standard InChI is InChI=1S/C19H16N2O4S3/c1-28(23,24)14-6-7-15-17(12-14)27-19(20-15)21(9-8-13-4-3-11-26-13)18(22)16-5-2-10-25-16/h2-7,10-12H,8-9H2,1H3. The molecule has 6 nitrogen and oxygen atoms in total. The van der Waals surface area contributed by atoms with E-state index in [1.807, 2.05) is 17.5 Å². The smallest absolute Gasteiger partial charge is 0.295 e. The van der Waals surface area contributed by atoms with Gasteiger partial charge in [0.1, 0.15) is 0 Å². The van der Waals surface area contributed by atoms with Crippen molar-refractivity contribution in [2.24, 2.45) is 0 Å². The lowest BCUT2D eigenvalue weighted by Crippen LogP contribution is -2.32. The molecule has 0 radical (unpaired) electrons. The Morgan fingerprint density at radius 3 is 2.75 bits per heavy atom. The molecular formula is C19H16N2O4S3. The zero-order valence-corrected chi connectivity index (χ0v) is 17.3. The van der Waals surface area contributed by atoms with Crippen LogP contribution >= 0.6 is 22.7 Å². The minimum atomic E-state index is -3.31. The van der Waals surface area contributed by atoms with Gasteiger partial charge in [-0.1, -0.05) is 17.4 Å². The van der Waals surface area contributed by atoms with Gasteiger partial charge < -0.3 is 4.42 Å². The summed E-state index contributed by atoms with van der Waals surface area (Å²) in [7, 11) is -3.31. The minimum absolute atomic E-state index is 0.234. The second kappa shape index (κ2) is 7.50. The zero-order valence-electron chi connectivity index (χ0n) is 14.9. The third-order valence-corrected chi connectivity index (χ3v) is 7.23. The molecule has 4 aromatic rings. The molecule has 0 saturated carbocycles. The summed E-state index contributed by atoms with van der Waals surface area (Å²) in [6.45, 7) is 0.443. The molecule has 0 spiro atoms. The molecule has 0 fully saturated rings. The van der Waals surface area contributed by atoms with Crippen LogP contribution in [0.2, 0.25) is 0 Å². The van der Waals surface area contributed by atoms with E-state index < -0.39 is 9.84 Å². The molecule has 0 unspecified atom stereocenters. The number of thiophene rings is 1. The molecule has 0 aliphatic rings. The molecule has 0 atom stereocenters. The Bertz CT molecular complexity index is 1210. The molecule has 3 heterocycles. The number of hydrogen-bond acceptors (Lipinski definition) is 7. The van der Waals surface area contributed by atoms with E-state index in [0.717, 1.165) is 4.88 Å². The van der Waals surface area contributed by atoms with Gasteiger partial charge in [-0.3, -0.25) is 9.69 Å². The second-order valence-corrected chi connectivity index (χ2v) is 10.2. The lowest BCUT2D eigenvalue weighted by atomic mass is 10.3. The van der Waals surface area contributed by atoms with Gasteiger partial charge in [-0.25, -0.2) is 13.4 Å². The number of aromatic nitrogens is 1. The molecule has 9 heteroatoms. The first-order valence-electron chi connectivity index (χ1n) is 8.40. The molecule has 1 aromatic carbocycles. The van der Waals surface area contributed by atoms with Gasteiger partial charge in [0, 0.05) is 17.7 Å². The number of fused-ring (bicyclic) bond motifs is 1.